The molecule has 0 heterocycles. The molecule has 20 heavy (non-hydrogen) atoms. The highest BCUT2D eigenvalue weighted by Gasteiger charge is 2.37. The van der Waals surface area contributed by atoms with Crippen LogP contribution < -0.4 is 5.32 Å². The molecule has 1 aromatic rings. The molecule has 1 rings (SSSR count). The number of carbonyl (C=O) groups excluding carboxylic acids is 1. The Morgan fingerprint density at radius 3 is 2.35 bits per heavy atom. The topological polar surface area (TPSA) is 86.6 Å². The fourth-order valence-corrected chi connectivity index (χ4v) is 1.98. The summed E-state index contributed by atoms with van der Waals surface area (Å²) in [6, 6.07) is 8.35. The smallest absolute Gasteiger partial charge is 0.314 e. The van der Waals surface area contributed by atoms with Gasteiger partial charge in [-0.05, 0) is 18.9 Å². The molecule has 5 heteroatoms. The van der Waals surface area contributed by atoms with E-state index in [-0.39, 0.29) is 25.0 Å². The lowest BCUT2D eigenvalue weighted by Crippen LogP contribution is -2.43. The van der Waals surface area contributed by atoms with Crippen molar-refractivity contribution in [3.8, 4) is 0 Å². The molecule has 1 amide bonds. The Hall–Kier alpha value is -1.88. The van der Waals surface area contributed by atoms with Crippen LogP contribution in [0.4, 0.5) is 0 Å². The first-order chi connectivity index (χ1) is 9.43. The van der Waals surface area contributed by atoms with Crippen LogP contribution in [0.15, 0.2) is 30.3 Å². The van der Waals surface area contributed by atoms with Gasteiger partial charge >= 0.3 is 5.97 Å². The van der Waals surface area contributed by atoms with Crippen molar-refractivity contribution < 1.29 is 19.8 Å². The Labute approximate surface area is 118 Å². The van der Waals surface area contributed by atoms with E-state index in [9.17, 15) is 14.7 Å². The van der Waals surface area contributed by atoms with Gasteiger partial charge in [0, 0.05) is 6.42 Å². The van der Waals surface area contributed by atoms with E-state index in [4.69, 9.17) is 5.11 Å². The number of aliphatic carboxylic acids is 1. The summed E-state index contributed by atoms with van der Waals surface area (Å²) in [6.45, 7) is 3.22. The highest BCUT2D eigenvalue weighted by atomic mass is 16.4. The fraction of sp³-hybridized carbons (Fsp3) is 0.467. The predicted molar refractivity (Wildman–Crippen MR) is 75.4 cm³/mol. The number of carboxylic acids is 1. The van der Waals surface area contributed by atoms with Gasteiger partial charge in [0.1, 0.15) is 0 Å². The second-order valence-corrected chi connectivity index (χ2v) is 5.04. The van der Waals surface area contributed by atoms with Gasteiger partial charge in [-0.2, -0.15) is 0 Å². The first-order valence-electron chi connectivity index (χ1n) is 6.63. The monoisotopic (exact) mass is 279 g/mol. The van der Waals surface area contributed by atoms with Crippen molar-refractivity contribution in [1.82, 2.24) is 5.32 Å². The summed E-state index contributed by atoms with van der Waals surface area (Å²) in [4.78, 5) is 23.5. The lowest BCUT2D eigenvalue weighted by molar-refractivity contribution is -0.145. The van der Waals surface area contributed by atoms with Crippen molar-refractivity contribution in [1.29, 1.82) is 0 Å². The van der Waals surface area contributed by atoms with Crippen LogP contribution in [-0.4, -0.2) is 34.7 Å². The van der Waals surface area contributed by atoms with Crippen molar-refractivity contribution in [2.45, 2.75) is 38.1 Å². The molecular weight excluding hydrogens is 258 g/mol. The Kier molecular flexibility index (Phi) is 5.70. The number of amides is 1. The van der Waals surface area contributed by atoms with Gasteiger partial charge in [-0.15, -0.1) is 0 Å². The second kappa shape index (κ2) is 7.05. The summed E-state index contributed by atoms with van der Waals surface area (Å²) in [5, 5.41) is 21.2. The van der Waals surface area contributed by atoms with Crippen LogP contribution in [0.5, 0.6) is 0 Å². The SMILES string of the molecule is CC[C@@H](CO)NC(=O)CC(C)(C(=O)O)c1ccccc1. The summed E-state index contributed by atoms with van der Waals surface area (Å²) < 4.78 is 0. The first-order valence-corrected chi connectivity index (χ1v) is 6.63. The molecule has 0 aliphatic rings. The summed E-state index contributed by atoms with van der Waals surface area (Å²) in [7, 11) is 0. The van der Waals surface area contributed by atoms with E-state index in [0.717, 1.165) is 0 Å². The van der Waals surface area contributed by atoms with Crippen LogP contribution in [-0.2, 0) is 15.0 Å². The average molecular weight is 279 g/mol. The van der Waals surface area contributed by atoms with Crippen LogP contribution in [0.1, 0.15) is 32.3 Å². The summed E-state index contributed by atoms with van der Waals surface area (Å²) >= 11 is 0. The number of nitrogens with one attached hydrogen (secondary N) is 1. The van der Waals surface area contributed by atoms with Crippen LogP contribution in [0.25, 0.3) is 0 Å². The highest BCUT2D eigenvalue weighted by Crippen LogP contribution is 2.28. The molecule has 0 aliphatic heterocycles. The maximum absolute atomic E-state index is 12.0. The number of carboxylic acid groups (broad SMARTS) is 1. The van der Waals surface area contributed by atoms with Crippen molar-refractivity contribution in [2.75, 3.05) is 6.61 Å². The lowest BCUT2D eigenvalue weighted by atomic mass is 9.79. The van der Waals surface area contributed by atoms with Gasteiger partial charge < -0.3 is 15.5 Å². The third-order valence-electron chi connectivity index (χ3n) is 3.48. The Bertz CT molecular complexity index is 456. The molecule has 0 aromatic heterocycles. The number of hydrogen-bond acceptors (Lipinski definition) is 3. The highest BCUT2D eigenvalue weighted by molar-refractivity contribution is 5.89. The minimum atomic E-state index is -1.28. The Balaban J connectivity index is 2.88. The number of hydrogen-bond donors (Lipinski definition) is 3. The molecule has 2 atom stereocenters. The molecule has 1 unspecified atom stereocenters. The predicted octanol–water partition coefficient (Wildman–Crippen LogP) is 1.31. The summed E-state index contributed by atoms with van der Waals surface area (Å²) in [6.07, 6.45) is 0.431. The molecule has 0 spiro atoms. The Morgan fingerprint density at radius 2 is 1.90 bits per heavy atom. The molecule has 0 saturated heterocycles. The quantitative estimate of drug-likeness (QED) is 0.702. The molecule has 3 N–H and O–H groups in total. The molecule has 5 nitrogen and oxygen atoms in total. The Morgan fingerprint density at radius 1 is 1.30 bits per heavy atom. The molecule has 0 radical (unpaired) electrons. The molecule has 110 valence electrons. The number of aliphatic hydroxyl groups excluding tert-OH is 1. The minimum absolute atomic E-state index is 0.155. The van der Waals surface area contributed by atoms with Crippen molar-refractivity contribution in [3.63, 3.8) is 0 Å². The van der Waals surface area contributed by atoms with Gasteiger partial charge in [0.25, 0.3) is 0 Å². The molecule has 0 saturated carbocycles. The maximum atomic E-state index is 12.0. The number of rotatable bonds is 7. The molecule has 0 aliphatic carbocycles. The molecular formula is C15H21NO4. The van der Waals surface area contributed by atoms with Crippen LogP contribution >= 0.6 is 0 Å². The van der Waals surface area contributed by atoms with E-state index in [2.05, 4.69) is 5.32 Å². The number of benzene rings is 1. The zero-order chi connectivity index (χ0) is 15.2. The normalized spacial score (nSPS) is 15.2. The first kappa shape index (κ1) is 16.2. The number of carbonyl (C=O) groups is 2. The van der Waals surface area contributed by atoms with Gasteiger partial charge in [0.15, 0.2) is 0 Å². The summed E-state index contributed by atoms with van der Waals surface area (Å²) in [5.74, 6) is -1.42. The standard InChI is InChI=1S/C15H21NO4/c1-3-12(10-17)16-13(18)9-15(2,14(19)20)11-7-5-4-6-8-11/h4-8,12,17H,3,9-10H2,1-2H3,(H,16,18)(H,19,20)/t12-,15?/m0/s1. The van der Waals surface area contributed by atoms with E-state index in [1.165, 1.54) is 6.92 Å². The van der Waals surface area contributed by atoms with Crippen LogP contribution in [0, 0.1) is 0 Å². The van der Waals surface area contributed by atoms with E-state index in [1.807, 2.05) is 6.92 Å². The summed E-state index contributed by atoms with van der Waals surface area (Å²) in [5.41, 5.74) is -0.696. The third kappa shape index (κ3) is 3.81. The van der Waals surface area contributed by atoms with Crippen LogP contribution in [0.2, 0.25) is 0 Å². The van der Waals surface area contributed by atoms with Gasteiger partial charge in [0.05, 0.1) is 18.1 Å². The van der Waals surface area contributed by atoms with Crippen molar-refractivity contribution in [2.24, 2.45) is 0 Å². The second-order valence-electron chi connectivity index (χ2n) is 5.04. The van der Waals surface area contributed by atoms with E-state index in [0.29, 0.717) is 12.0 Å². The zero-order valence-corrected chi connectivity index (χ0v) is 11.8. The van der Waals surface area contributed by atoms with Gasteiger partial charge in [-0.1, -0.05) is 37.3 Å². The maximum Gasteiger partial charge on any atom is 0.314 e. The van der Waals surface area contributed by atoms with Gasteiger partial charge in [-0.25, -0.2) is 0 Å². The van der Waals surface area contributed by atoms with Gasteiger partial charge in [-0.3, -0.25) is 9.59 Å². The minimum Gasteiger partial charge on any atom is -0.481 e. The fourth-order valence-electron chi connectivity index (χ4n) is 1.98. The van der Waals surface area contributed by atoms with E-state index in [1.54, 1.807) is 30.3 Å². The van der Waals surface area contributed by atoms with Crippen molar-refractivity contribution >= 4 is 11.9 Å². The zero-order valence-electron chi connectivity index (χ0n) is 11.8. The van der Waals surface area contributed by atoms with Crippen LogP contribution in [0.3, 0.4) is 0 Å². The van der Waals surface area contributed by atoms with E-state index < -0.39 is 11.4 Å². The average Bonchev–Trinajstić information content (AvgIpc) is 2.45. The lowest BCUT2D eigenvalue weighted by Gasteiger charge is -2.26. The third-order valence-corrected chi connectivity index (χ3v) is 3.48. The molecule has 0 fully saturated rings. The van der Waals surface area contributed by atoms with E-state index >= 15 is 0 Å². The number of aliphatic hydroxyl groups is 1. The molecule has 1 aromatic carbocycles. The van der Waals surface area contributed by atoms with Gasteiger partial charge in [0.2, 0.25) is 5.91 Å². The molecule has 0 bridgehead atoms. The van der Waals surface area contributed by atoms with Crippen molar-refractivity contribution in [3.05, 3.63) is 35.9 Å². The largest absolute Gasteiger partial charge is 0.481 e.